The van der Waals surface area contributed by atoms with Gasteiger partial charge in [-0.2, -0.15) is 0 Å². The van der Waals surface area contributed by atoms with Gasteiger partial charge in [0.2, 0.25) is 0 Å². The van der Waals surface area contributed by atoms with Crippen molar-refractivity contribution in [2.75, 3.05) is 6.61 Å². The first-order valence-corrected chi connectivity index (χ1v) is 8.79. The van der Waals surface area contributed by atoms with Crippen LogP contribution in [0.2, 0.25) is 0 Å². The summed E-state index contributed by atoms with van der Waals surface area (Å²) in [5.41, 5.74) is 2.79. The lowest BCUT2D eigenvalue weighted by atomic mass is 9.96. The molecule has 1 amide bonds. The molecule has 1 spiro atoms. The molecule has 0 unspecified atom stereocenters. The highest BCUT2D eigenvalue weighted by Crippen LogP contribution is 2.77. The van der Waals surface area contributed by atoms with Crippen molar-refractivity contribution in [3.63, 3.8) is 0 Å². The Morgan fingerprint density at radius 2 is 1.67 bits per heavy atom. The van der Waals surface area contributed by atoms with Gasteiger partial charge in [0.1, 0.15) is 6.61 Å². The summed E-state index contributed by atoms with van der Waals surface area (Å²) in [5.74, 6) is 0. The van der Waals surface area contributed by atoms with Crippen LogP contribution in [0, 0.1) is 5.41 Å². The highest BCUT2D eigenvalue weighted by molar-refractivity contribution is 5.73. The molecule has 3 nitrogen and oxygen atoms in total. The Morgan fingerprint density at radius 3 is 2.29 bits per heavy atom. The monoisotopic (exact) mass is 319 g/mol. The number of amides is 1. The molecule has 2 aromatic rings. The molecular weight excluding hydrogens is 298 g/mol. The van der Waals surface area contributed by atoms with E-state index in [1.165, 1.54) is 24.0 Å². The molecule has 2 aromatic carbocycles. The van der Waals surface area contributed by atoms with Crippen molar-refractivity contribution in [1.82, 2.24) is 4.90 Å². The van der Waals surface area contributed by atoms with Gasteiger partial charge in [-0.15, -0.1) is 0 Å². The van der Waals surface area contributed by atoms with E-state index in [0.717, 1.165) is 12.8 Å². The summed E-state index contributed by atoms with van der Waals surface area (Å²) in [6.07, 6.45) is 4.40. The summed E-state index contributed by atoms with van der Waals surface area (Å²) in [5, 5.41) is 0. The molecule has 0 aromatic heterocycles. The number of ether oxygens (including phenoxy) is 1. The number of nitrogens with zero attached hydrogens (tertiary/aromatic N) is 1. The van der Waals surface area contributed by atoms with Gasteiger partial charge in [-0.1, -0.05) is 60.7 Å². The molecule has 2 aliphatic carbocycles. The van der Waals surface area contributed by atoms with Gasteiger partial charge in [0.05, 0.1) is 11.6 Å². The molecule has 3 fully saturated rings. The Bertz CT molecular complexity index is 769. The molecule has 0 radical (unpaired) electrons. The topological polar surface area (TPSA) is 29.5 Å². The van der Waals surface area contributed by atoms with Gasteiger partial charge in [0, 0.05) is 0 Å². The second kappa shape index (κ2) is 4.85. The van der Waals surface area contributed by atoms with Crippen LogP contribution in [0.3, 0.4) is 0 Å². The first-order chi connectivity index (χ1) is 11.7. The van der Waals surface area contributed by atoms with Gasteiger partial charge < -0.3 is 4.74 Å². The lowest BCUT2D eigenvalue weighted by molar-refractivity contribution is 0.130. The molecule has 2 saturated carbocycles. The minimum atomic E-state index is -0.136. The van der Waals surface area contributed by atoms with Crippen molar-refractivity contribution in [3.05, 3.63) is 71.8 Å². The first-order valence-electron chi connectivity index (χ1n) is 8.79. The van der Waals surface area contributed by atoms with Crippen LogP contribution < -0.4 is 0 Å². The standard InChI is InChI=1S/C21H21NO2/c23-19-22(18(14-24-19)17-9-5-2-6-10-17)21(15-20(21)11-12-20)13-16-7-3-1-4-8-16/h1-10,18H,11-15H2/t18-,21+/m1/s1. The van der Waals surface area contributed by atoms with E-state index in [1.54, 1.807) is 0 Å². The van der Waals surface area contributed by atoms with Crippen LogP contribution in [-0.2, 0) is 11.2 Å². The summed E-state index contributed by atoms with van der Waals surface area (Å²) in [4.78, 5) is 14.7. The maximum absolute atomic E-state index is 12.7. The lowest BCUT2D eigenvalue weighted by Gasteiger charge is -2.33. The molecule has 24 heavy (non-hydrogen) atoms. The van der Waals surface area contributed by atoms with Crippen molar-refractivity contribution in [2.24, 2.45) is 5.41 Å². The number of rotatable bonds is 4. The van der Waals surface area contributed by atoms with E-state index in [9.17, 15) is 4.79 Å². The molecular formula is C21H21NO2. The van der Waals surface area contributed by atoms with Crippen molar-refractivity contribution >= 4 is 6.09 Å². The zero-order chi connectivity index (χ0) is 16.2. The largest absolute Gasteiger partial charge is 0.447 e. The van der Waals surface area contributed by atoms with E-state index >= 15 is 0 Å². The quantitative estimate of drug-likeness (QED) is 0.838. The number of carbonyl (C=O) groups excluding carboxylic acids is 1. The van der Waals surface area contributed by atoms with Gasteiger partial charge in [-0.25, -0.2) is 4.79 Å². The van der Waals surface area contributed by atoms with Gasteiger partial charge in [-0.3, -0.25) is 4.90 Å². The van der Waals surface area contributed by atoms with Gasteiger partial charge in [0.25, 0.3) is 0 Å². The maximum Gasteiger partial charge on any atom is 0.410 e. The van der Waals surface area contributed by atoms with Crippen LogP contribution in [-0.4, -0.2) is 23.1 Å². The third-order valence-corrected chi connectivity index (χ3v) is 6.20. The second-order valence-corrected chi connectivity index (χ2v) is 7.52. The van der Waals surface area contributed by atoms with Crippen LogP contribution in [0.5, 0.6) is 0 Å². The van der Waals surface area contributed by atoms with Crippen molar-refractivity contribution < 1.29 is 9.53 Å². The van der Waals surface area contributed by atoms with Crippen LogP contribution >= 0.6 is 0 Å². The summed E-state index contributed by atoms with van der Waals surface area (Å²) in [7, 11) is 0. The lowest BCUT2D eigenvalue weighted by Crippen LogP contribution is -2.43. The zero-order valence-electron chi connectivity index (χ0n) is 13.7. The van der Waals surface area contributed by atoms with Crippen LogP contribution in [0.4, 0.5) is 4.79 Å². The van der Waals surface area contributed by atoms with Gasteiger partial charge in [-0.05, 0) is 42.2 Å². The predicted octanol–water partition coefficient (Wildman–Crippen LogP) is 4.35. The molecule has 0 bridgehead atoms. The Hall–Kier alpha value is -2.29. The smallest absolute Gasteiger partial charge is 0.410 e. The van der Waals surface area contributed by atoms with Crippen molar-refractivity contribution in [2.45, 2.75) is 37.3 Å². The number of cyclic esters (lactones) is 1. The van der Waals surface area contributed by atoms with Crippen LogP contribution in [0.1, 0.15) is 36.4 Å². The molecule has 1 heterocycles. The summed E-state index contributed by atoms with van der Waals surface area (Å²) < 4.78 is 5.50. The maximum atomic E-state index is 12.7. The van der Waals surface area contributed by atoms with Crippen molar-refractivity contribution in [1.29, 1.82) is 0 Å². The van der Waals surface area contributed by atoms with Gasteiger partial charge >= 0.3 is 6.09 Å². The third kappa shape index (κ3) is 1.94. The second-order valence-electron chi connectivity index (χ2n) is 7.52. The summed E-state index contributed by atoms with van der Waals surface area (Å²) >= 11 is 0. The van der Waals surface area contributed by atoms with E-state index < -0.39 is 0 Å². The molecule has 2 atom stereocenters. The average Bonchev–Trinajstić information content (AvgIpc) is 3.48. The minimum absolute atomic E-state index is 0.0439. The highest BCUT2D eigenvalue weighted by atomic mass is 16.6. The summed E-state index contributed by atoms with van der Waals surface area (Å²) in [6.45, 7) is 0.468. The molecule has 3 aliphatic rings. The molecule has 122 valence electrons. The third-order valence-electron chi connectivity index (χ3n) is 6.20. The number of hydrogen-bond acceptors (Lipinski definition) is 2. The minimum Gasteiger partial charge on any atom is -0.447 e. The molecule has 1 aliphatic heterocycles. The first kappa shape index (κ1) is 14.1. The number of benzene rings is 2. The van der Waals surface area contributed by atoms with Crippen LogP contribution in [0.15, 0.2) is 60.7 Å². The highest BCUT2D eigenvalue weighted by Gasteiger charge is 2.78. The van der Waals surface area contributed by atoms with E-state index in [-0.39, 0.29) is 17.7 Å². The Morgan fingerprint density at radius 1 is 1.00 bits per heavy atom. The number of carbonyl (C=O) groups is 1. The van der Waals surface area contributed by atoms with E-state index in [1.807, 2.05) is 24.3 Å². The Balaban J connectivity index is 1.53. The fraction of sp³-hybridized carbons (Fsp3) is 0.381. The predicted molar refractivity (Wildman–Crippen MR) is 91.5 cm³/mol. The number of hydrogen-bond donors (Lipinski definition) is 0. The molecule has 3 heteroatoms. The normalized spacial score (nSPS) is 29.6. The van der Waals surface area contributed by atoms with E-state index in [0.29, 0.717) is 12.0 Å². The van der Waals surface area contributed by atoms with E-state index in [2.05, 4.69) is 41.3 Å². The SMILES string of the molecule is O=C1OC[C@H](c2ccccc2)N1[C@@]1(Cc2ccccc2)CC12CC2. The van der Waals surface area contributed by atoms with Gasteiger partial charge in [0.15, 0.2) is 0 Å². The Kier molecular flexibility index (Phi) is 2.85. The zero-order valence-corrected chi connectivity index (χ0v) is 13.7. The molecule has 0 N–H and O–H groups in total. The van der Waals surface area contributed by atoms with Crippen LogP contribution in [0.25, 0.3) is 0 Å². The molecule has 5 rings (SSSR count). The molecule has 1 saturated heterocycles. The Labute approximate surface area is 142 Å². The fourth-order valence-electron chi connectivity index (χ4n) is 4.73. The van der Waals surface area contributed by atoms with E-state index in [4.69, 9.17) is 4.74 Å². The average molecular weight is 319 g/mol. The fourth-order valence-corrected chi connectivity index (χ4v) is 4.73. The summed E-state index contributed by atoms with van der Waals surface area (Å²) in [6, 6.07) is 20.9. The van der Waals surface area contributed by atoms with Crippen molar-refractivity contribution in [3.8, 4) is 0 Å².